The van der Waals surface area contributed by atoms with Gasteiger partial charge in [0, 0.05) is 36.7 Å². The molecule has 3 aromatic rings. The smallest absolute Gasteiger partial charge is 0.251 e. The third-order valence-electron chi connectivity index (χ3n) is 6.80. The van der Waals surface area contributed by atoms with Crippen LogP contribution in [0.5, 0.6) is 0 Å². The first-order valence-corrected chi connectivity index (χ1v) is 12.7. The molecule has 4 unspecified atom stereocenters. The molecular formula is C31H36N2O4. The van der Waals surface area contributed by atoms with E-state index in [1.54, 1.807) is 12.1 Å². The Morgan fingerprint density at radius 3 is 2.27 bits per heavy atom. The molecule has 1 fully saturated rings. The zero-order chi connectivity index (χ0) is 26.2. The van der Waals surface area contributed by atoms with Gasteiger partial charge in [-0.1, -0.05) is 79.7 Å². The second kappa shape index (κ2) is 12.8. The average molecular weight is 501 g/mol. The lowest BCUT2D eigenvalue weighted by Gasteiger charge is -2.42. The zero-order valence-electron chi connectivity index (χ0n) is 21.5. The fourth-order valence-electron chi connectivity index (χ4n) is 4.60. The summed E-state index contributed by atoms with van der Waals surface area (Å²) in [4.78, 5) is 14.6. The molecule has 1 heterocycles. The number of carbonyl (C=O) groups excluding carboxylic acids is 1. The summed E-state index contributed by atoms with van der Waals surface area (Å²) < 4.78 is 13.0. The number of hydrogen-bond acceptors (Lipinski definition) is 5. The highest BCUT2D eigenvalue weighted by Gasteiger charge is 2.38. The molecule has 2 N–H and O–H groups in total. The number of aliphatic hydroxyl groups excluding tert-OH is 1. The Balaban J connectivity index is 1.48. The van der Waals surface area contributed by atoms with E-state index in [1.807, 2.05) is 72.8 Å². The van der Waals surface area contributed by atoms with Crippen LogP contribution >= 0.6 is 0 Å². The Morgan fingerprint density at radius 1 is 0.973 bits per heavy atom. The maximum absolute atomic E-state index is 12.4. The number of hydrogen-bond donors (Lipinski definition) is 2. The van der Waals surface area contributed by atoms with Crippen LogP contribution in [-0.2, 0) is 22.6 Å². The van der Waals surface area contributed by atoms with Gasteiger partial charge in [0.25, 0.3) is 5.91 Å². The van der Waals surface area contributed by atoms with Crippen LogP contribution in [0, 0.1) is 5.92 Å². The molecule has 6 heteroatoms. The van der Waals surface area contributed by atoms with Crippen molar-refractivity contribution in [1.29, 1.82) is 0 Å². The van der Waals surface area contributed by atoms with Gasteiger partial charge in [-0.05, 0) is 35.9 Å². The third kappa shape index (κ3) is 6.93. The fourth-order valence-corrected chi connectivity index (χ4v) is 4.60. The number of amides is 1. The summed E-state index contributed by atoms with van der Waals surface area (Å²) >= 11 is 0. The normalized spacial score (nSPS) is 21.5. The van der Waals surface area contributed by atoms with Gasteiger partial charge in [-0.2, -0.15) is 0 Å². The predicted octanol–water partition coefficient (Wildman–Crippen LogP) is 5.02. The van der Waals surface area contributed by atoms with Crippen molar-refractivity contribution in [2.24, 2.45) is 5.92 Å². The topological polar surface area (TPSA) is 71.0 Å². The van der Waals surface area contributed by atoms with Crippen molar-refractivity contribution >= 4 is 5.91 Å². The van der Waals surface area contributed by atoms with Gasteiger partial charge >= 0.3 is 0 Å². The SMILES string of the molecule is C=CCN(C)CC1OC(c2ccc(CNC(=O)c3ccccc3)cc2)OC(c2ccc(CO)cc2)C1C. The van der Waals surface area contributed by atoms with Gasteiger partial charge in [0.15, 0.2) is 6.29 Å². The van der Waals surface area contributed by atoms with Gasteiger partial charge in [0.2, 0.25) is 0 Å². The van der Waals surface area contributed by atoms with Crippen LogP contribution in [0.2, 0.25) is 0 Å². The largest absolute Gasteiger partial charge is 0.392 e. The third-order valence-corrected chi connectivity index (χ3v) is 6.80. The molecular weight excluding hydrogens is 464 g/mol. The molecule has 0 bridgehead atoms. The molecule has 37 heavy (non-hydrogen) atoms. The summed E-state index contributed by atoms with van der Waals surface area (Å²) in [6.07, 6.45) is 1.17. The number of nitrogens with zero attached hydrogens (tertiary/aromatic N) is 1. The van der Waals surface area contributed by atoms with Crippen molar-refractivity contribution in [1.82, 2.24) is 10.2 Å². The quantitative estimate of drug-likeness (QED) is 0.383. The van der Waals surface area contributed by atoms with Crippen molar-refractivity contribution in [3.05, 3.63) is 119 Å². The Bertz CT molecular complexity index is 1150. The summed E-state index contributed by atoms with van der Waals surface area (Å²) in [6, 6.07) is 25.1. The highest BCUT2D eigenvalue weighted by atomic mass is 16.7. The number of rotatable bonds is 10. The van der Waals surface area contributed by atoms with Gasteiger partial charge in [-0.25, -0.2) is 0 Å². The summed E-state index contributed by atoms with van der Waals surface area (Å²) in [5.74, 6) is 0.0233. The predicted molar refractivity (Wildman–Crippen MR) is 145 cm³/mol. The van der Waals surface area contributed by atoms with Gasteiger partial charge in [-0.15, -0.1) is 6.58 Å². The van der Waals surface area contributed by atoms with Gasteiger partial charge in [0.05, 0.1) is 18.8 Å². The molecule has 0 saturated carbocycles. The van der Waals surface area contributed by atoms with E-state index in [1.165, 1.54) is 0 Å². The van der Waals surface area contributed by atoms with Crippen molar-refractivity contribution in [3.63, 3.8) is 0 Å². The summed E-state index contributed by atoms with van der Waals surface area (Å²) in [5, 5.41) is 12.4. The number of carbonyl (C=O) groups is 1. The second-order valence-corrected chi connectivity index (χ2v) is 9.62. The molecule has 194 valence electrons. The van der Waals surface area contributed by atoms with Crippen molar-refractivity contribution in [2.45, 2.75) is 38.6 Å². The van der Waals surface area contributed by atoms with E-state index >= 15 is 0 Å². The average Bonchev–Trinajstić information content (AvgIpc) is 2.94. The second-order valence-electron chi connectivity index (χ2n) is 9.62. The highest BCUT2D eigenvalue weighted by molar-refractivity contribution is 5.94. The van der Waals surface area contributed by atoms with Crippen LogP contribution in [-0.4, -0.2) is 42.2 Å². The standard InChI is InChI=1S/C31H36N2O4/c1-4-18-33(3)20-28-22(2)29(25-14-12-24(21-34)13-15-25)37-31(36-28)27-16-10-23(11-17-27)19-32-30(35)26-8-6-5-7-9-26/h4-17,22,28-29,31,34H,1,18-21H2,2-3H3,(H,32,35). The minimum atomic E-state index is -0.520. The number of aliphatic hydroxyl groups is 1. The molecule has 1 aliphatic heterocycles. The van der Waals surface area contributed by atoms with E-state index in [0.717, 1.165) is 35.3 Å². The molecule has 0 aliphatic carbocycles. The van der Waals surface area contributed by atoms with Gasteiger partial charge in [-0.3, -0.25) is 4.79 Å². The lowest BCUT2D eigenvalue weighted by Crippen LogP contribution is -2.43. The van der Waals surface area contributed by atoms with Crippen LogP contribution < -0.4 is 5.32 Å². The minimum Gasteiger partial charge on any atom is -0.392 e. The first kappa shape index (κ1) is 26.8. The summed E-state index contributed by atoms with van der Waals surface area (Å²) in [5.41, 5.74) is 4.50. The van der Waals surface area contributed by atoms with Crippen LogP contribution in [0.4, 0.5) is 0 Å². The van der Waals surface area contributed by atoms with E-state index in [2.05, 4.69) is 30.8 Å². The van der Waals surface area contributed by atoms with E-state index in [-0.39, 0.29) is 30.6 Å². The molecule has 0 spiro atoms. The number of benzene rings is 3. The van der Waals surface area contributed by atoms with E-state index in [9.17, 15) is 9.90 Å². The number of nitrogens with one attached hydrogen (secondary N) is 1. The fraction of sp³-hybridized carbons (Fsp3) is 0.323. The van der Waals surface area contributed by atoms with Crippen molar-refractivity contribution in [2.75, 3.05) is 20.1 Å². The summed E-state index contributed by atoms with van der Waals surface area (Å²) in [7, 11) is 2.06. The Labute approximate surface area is 219 Å². The maximum Gasteiger partial charge on any atom is 0.251 e. The Hall–Kier alpha value is -3.29. The van der Waals surface area contributed by atoms with Crippen LogP contribution in [0.15, 0.2) is 91.5 Å². The maximum atomic E-state index is 12.4. The highest BCUT2D eigenvalue weighted by Crippen LogP contribution is 2.41. The van der Waals surface area contributed by atoms with Crippen LogP contribution in [0.1, 0.15) is 51.9 Å². The van der Waals surface area contributed by atoms with Crippen LogP contribution in [0.3, 0.4) is 0 Å². The van der Waals surface area contributed by atoms with E-state index in [4.69, 9.17) is 9.47 Å². The lowest BCUT2D eigenvalue weighted by molar-refractivity contribution is -0.275. The molecule has 1 aliphatic rings. The minimum absolute atomic E-state index is 0.0141. The number of likely N-dealkylation sites (N-methyl/N-ethyl adjacent to an activating group) is 1. The molecule has 4 rings (SSSR count). The Kier molecular flexibility index (Phi) is 9.25. The number of ether oxygens (including phenoxy) is 2. The zero-order valence-corrected chi connectivity index (χ0v) is 21.5. The molecule has 1 amide bonds. The first-order valence-electron chi connectivity index (χ1n) is 12.7. The van der Waals surface area contributed by atoms with Gasteiger partial charge < -0.3 is 24.8 Å². The molecule has 0 radical (unpaired) electrons. The molecule has 0 aromatic heterocycles. The van der Waals surface area contributed by atoms with Gasteiger partial charge in [0.1, 0.15) is 0 Å². The molecule has 4 atom stereocenters. The molecule has 6 nitrogen and oxygen atoms in total. The van der Waals surface area contributed by atoms with Crippen LogP contribution in [0.25, 0.3) is 0 Å². The van der Waals surface area contributed by atoms with Crippen molar-refractivity contribution in [3.8, 4) is 0 Å². The van der Waals surface area contributed by atoms with E-state index < -0.39 is 6.29 Å². The van der Waals surface area contributed by atoms with E-state index in [0.29, 0.717) is 12.1 Å². The lowest BCUT2D eigenvalue weighted by atomic mass is 9.90. The summed E-state index contributed by atoms with van der Waals surface area (Å²) in [6.45, 7) is 7.99. The first-order chi connectivity index (χ1) is 18.0. The molecule has 1 saturated heterocycles. The molecule has 3 aromatic carbocycles. The van der Waals surface area contributed by atoms with Crippen molar-refractivity contribution < 1.29 is 19.4 Å². The Morgan fingerprint density at radius 2 is 1.62 bits per heavy atom. The monoisotopic (exact) mass is 500 g/mol.